The predicted molar refractivity (Wildman–Crippen MR) is 57.9 cm³/mol. The highest BCUT2D eigenvalue weighted by molar-refractivity contribution is 5.72. The summed E-state index contributed by atoms with van der Waals surface area (Å²) in [7, 11) is 0. The first-order chi connectivity index (χ1) is 8.06. The zero-order chi connectivity index (χ0) is 12.6. The first-order valence-electron chi connectivity index (χ1n) is 5.53. The van der Waals surface area contributed by atoms with E-state index in [4.69, 9.17) is 5.11 Å². The van der Waals surface area contributed by atoms with Gasteiger partial charge in [0.1, 0.15) is 11.7 Å². The van der Waals surface area contributed by atoms with Crippen molar-refractivity contribution in [2.45, 2.75) is 38.6 Å². The van der Waals surface area contributed by atoms with Gasteiger partial charge in [-0.05, 0) is 29.2 Å². The standard InChI is InChI=1S/C10H13N3O4/c1-2-8-11-9(13(16)17)6-4-3-5-7(10(14)15)12(6)8/h7H,2-5H2,1H3,(H,14,15). The Morgan fingerprint density at radius 3 is 2.94 bits per heavy atom. The number of nitro groups is 1. The van der Waals surface area contributed by atoms with Crippen LogP contribution in [0.5, 0.6) is 0 Å². The molecule has 1 atom stereocenters. The molecule has 0 fully saturated rings. The van der Waals surface area contributed by atoms with Crippen molar-refractivity contribution in [1.82, 2.24) is 9.55 Å². The van der Waals surface area contributed by atoms with Crippen LogP contribution >= 0.6 is 0 Å². The van der Waals surface area contributed by atoms with Gasteiger partial charge in [0.15, 0.2) is 0 Å². The van der Waals surface area contributed by atoms with Crippen molar-refractivity contribution in [2.75, 3.05) is 0 Å². The van der Waals surface area contributed by atoms with Gasteiger partial charge in [-0.15, -0.1) is 0 Å². The number of aliphatic carboxylic acids is 1. The molecule has 1 aromatic rings. The lowest BCUT2D eigenvalue weighted by molar-refractivity contribution is -0.390. The van der Waals surface area contributed by atoms with Gasteiger partial charge in [0.05, 0.1) is 0 Å². The van der Waals surface area contributed by atoms with Gasteiger partial charge in [0.2, 0.25) is 5.82 Å². The number of aryl methyl sites for hydroxylation is 1. The van der Waals surface area contributed by atoms with E-state index in [-0.39, 0.29) is 5.82 Å². The van der Waals surface area contributed by atoms with E-state index in [2.05, 4.69) is 4.98 Å². The highest BCUT2D eigenvalue weighted by atomic mass is 16.6. The molecule has 7 nitrogen and oxygen atoms in total. The summed E-state index contributed by atoms with van der Waals surface area (Å²) in [5.41, 5.74) is 0.450. The summed E-state index contributed by atoms with van der Waals surface area (Å²) in [5.74, 6) is -0.653. The number of fused-ring (bicyclic) bond motifs is 1. The largest absolute Gasteiger partial charge is 0.480 e. The van der Waals surface area contributed by atoms with E-state index in [1.165, 1.54) is 4.57 Å². The zero-order valence-electron chi connectivity index (χ0n) is 9.42. The van der Waals surface area contributed by atoms with Crippen LogP contribution < -0.4 is 0 Å². The van der Waals surface area contributed by atoms with E-state index >= 15 is 0 Å². The fraction of sp³-hybridized carbons (Fsp3) is 0.600. The maximum atomic E-state index is 11.1. The number of carboxylic acid groups (broad SMARTS) is 1. The maximum Gasteiger partial charge on any atom is 0.385 e. The van der Waals surface area contributed by atoms with Crippen LogP contribution in [0.25, 0.3) is 0 Å². The minimum absolute atomic E-state index is 0.187. The summed E-state index contributed by atoms with van der Waals surface area (Å²) < 4.78 is 1.53. The molecule has 92 valence electrons. The molecule has 0 radical (unpaired) electrons. The van der Waals surface area contributed by atoms with E-state index in [1.807, 2.05) is 6.92 Å². The van der Waals surface area contributed by atoms with Crippen molar-refractivity contribution in [3.05, 3.63) is 21.6 Å². The number of hydrogen-bond acceptors (Lipinski definition) is 4. The van der Waals surface area contributed by atoms with Gasteiger partial charge in [0, 0.05) is 6.42 Å². The van der Waals surface area contributed by atoms with E-state index < -0.39 is 16.9 Å². The number of imidazole rings is 1. The van der Waals surface area contributed by atoms with Crippen LogP contribution in [0.2, 0.25) is 0 Å². The topological polar surface area (TPSA) is 98.3 Å². The third-order valence-corrected chi connectivity index (χ3v) is 3.04. The van der Waals surface area contributed by atoms with Crippen molar-refractivity contribution in [1.29, 1.82) is 0 Å². The lowest BCUT2D eigenvalue weighted by Gasteiger charge is -2.21. The Hall–Kier alpha value is -1.92. The van der Waals surface area contributed by atoms with Gasteiger partial charge in [-0.3, -0.25) is 4.57 Å². The Morgan fingerprint density at radius 2 is 2.41 bits per heavy atom. The second-order valence-corrected chi connectivity index (χ2v) is 4.03. The molecule has 1 aliphatic heterocycles. The number of carboxylic acids is 1. The number of aromatic nitrogens is 2. The van der Waals surface area contributed by atoms with Crippen LogP contribution in [-0.2, 0) is 17.6 Å². The van der Waals surface area contributed by atoms with Gasteiger partial charge in [-0.2, -0.15) is 0 Å². The summed E-state index contributed by atoms with van der Waals surface area (Å²) >= 11 is 0. The number of rotatable bonds is 3. The molecule has 0 spiro atoms. The lowest BCUT2D eigenvalue weighted by Crippen LogP contribution is -2.26. The number of hydrogen-bond donors (Lipinski definition) is 1. The van der Waals surface area contributed by atoms with Gasteiger partial charge >= 0.3 is 11.8 Å². The summed E-state index contributed by atoms with van der Waals surface area (Å²) in [5, 5.41) is 20.0. The van der Waals surface area contributed by atoms with Crippen LogP contribution in [0.4, 0.5) is 5.82 Å². The second-order valence-electron chi connectivity index (χ2n) is 4.03. The monoisotopic (exact) mass is 239 g/mol. The SMILES string of the molecule is CCc1nc([N+](=O)[O-])c2n1C(C(=O)O)CCC2. The third-order valence-electron chi connectivity index (χ3n) is 3.04. The van der Waals surface area contributed by atoms with Crippen molar-refractivity contribution in [3.8, 4) is 0 Å². The molecule has 17 heavy (non-hydrogen) atoms. The summed E-state index contributed by atoms with van der Waals surface area (Å²) in [6, 6.07) is -0.713. The van der Waals surface area contributed by atoms with Crippen molar-refractivity contribution in [2.24, 2.45) is 0 Å². The van der Waals surface area contributed by atoms with Crippen LogP contribution in [0.3, 0.4) is 0 Å². The first kappa shape index (κ1) is 11.6. The summed E-state index contributed by atoms with van der Waals surface area (Å²) in [4.78, 5) is 25.4. The molecule has 1 aromatic heterocycles. The van der Waals surface area contributed by atoms with Crippen LogP contribution in [0, 0.1) is 10.1 Å². The van der Waals surface area contributed by atoms with Crippen LogP contribution in [-0.4, -0.2) is 25.6 Å². The predicted octanol–water partition coefficient (Wildman–Crippen LogP) is 1.32. The smallest absolute Gasteiger partial charge is 0.385 e. The molecule has 0 bridgehead atoms. The molecule has 0 aliphatic carbocycles. The molecule has 1 N–H and O–H groups in total. The third kappa shape index (κ3) is 1.77. The normalized spacial score (nSPS) is 18.8. The Labute approximate surface area is 97.2 Å². The summed E-state index contributed by atoms with van der Waals surface area (Å²) in [6.45, 7) is 1.81. The molecule has 2 heterocycles. The molecule has 0 aromatic carbocycles. The molecule has 7 heteroatoms. The van der Waals surface area contributed by atoms with Crippen molar-refractivity contribution in [3.63, 3.8) is 0 Å². The van der Waals surface area contributed by atoms with Crippen LogP contribution in [0.1, 0.15) is 37.3 Å². The highest BCUT2D eigenvalue weighted by Crippen LogP contribution is 2.32. The Morgan fingerprint density at radius 1 is 1.71 bits per heavy atom. The van der Waals surface area contributed by atoms with E-state index in [9.17, 15) is 14.9 Å². The molecule has 1 aliphatic rings. The Balaban J connectivity index is 2.59. The average Bonchev–Trinajstić information content (AvgIpc) is 2.67. The molecule has 1 unspecified atom stereocenters. The van der Waals surface area contributed by atoms with Gasteiger partial charge in [-0.1, -0.05) is 6.92 Å². The van der Waals surface area contributed by atoms with Crippen molar-refractivity contribution < 1.29 is 14.8 Å². The van der Waals surface area contributed by atoms with Gasteiger partial charge in [0.25, 0.3) is 0 Å². The fourth-order valence-electron chi connectivity index (χ4n) is 2.33. The van der Waals surface area contributed by atoms with Crippen molar-refractivity contribution >= 4 is 11.8 Å². The Bertz CT molecular complexity index is 480. The molecule has 2 rings (SSSR count). The van der Waals surface area contributed by atoms with E-state index in [0.717, 1.165) is 0 Å². The molecule has 0 amide bonds. The zero-order valence-corrected chi connectivity index (χ0v) is 9.42. The molecular formula is C10H13N3O4. The minimum atomic E-state index is -0.951. The second kappa shape index (κ2) is 4.15. The van der Waals surface area contributed by atoms with E-state index in [0.29, 0.717) is 37.2 Å². The molecule has 0 saturated heterocycles. The average molecular weight is 239 g/mol. The van der Waals surface area contributed by atoms with Gasteiger partial charge < -0.3 is 15.2 Å². The van der Waals surface area contributed by atoms with E-state index in [1.54, 1.807) is 0 Å². The lowest BCUT2D eigenvalue weighted by atomic mass is 10.0. The minimum Gasteiger partial charge on any atom is -0.480 e. The molecule has 0 saturated carbocycles. The first-order valence-corrected chi connectivity index (χ1v) is 5.53. The van der Waals surface area contributed by atoms with Gasteiger partial charge in [-0.25, -0.2) is 4.79 Å². The fourth-order valence-corrected chi connectivity index (χ4v) is 2.33. The Kier molecular flexibility index (Phi) is 2.83. The summed E-state index contributed by atoms with van der Waals surface area (Å²) in [6.07, 6.45) is 2.16. The number of nitrogens with zero attached hydrogens (tertiary/aromatic N) is 3. The molecular weight excluding hydrogens is 226 g/mol. The highest BCUT2D eigenvalue weighted by Gasteiger charge is 2.36. The number of carbonyl (C=O) groups is 1. The quantitative estimate of drug-likeness (QED) is 0.633. The maximum absolute atomic E-state index is 11.1. The van der Waals surface area contributed by atoms with Crippen LogP contribution in [0.15, 0.2) is 0 Å².